The van der Waals surface area contributed by atoms with Crippen molar-refractivity contribution in [3.8, 4) is 0 Å². The Bertz CT molecular complexity index is 339. The van der Waals surface area contributed by atoms with Crippen LogP contribution in [0.3, 0.4) is 0 Å². The lowest BCUT2D eigenvalue weighted by Gasteiger charge is -2.22. The van der Waals surface area contributed by atoms with E-state index in [0.717, 1.165) is 32.1 Å². The molecule has 108 valence electrons. The third-order valence-corrected chi connectivity index (χ3v) is 2.99. The average Bonchev–Trinajstić information content (AvgIpc) is 2.36. The minimum atomic E-state index is -1.16. The molecule has 0 aromatic carbocycles. The van der Waals surface area contributed by atoms with Gasteiger partial charge in [-0.1, -0.05) is 6.42 Å². The van der Waals surface area contributed by atoms with Gasteiger partial charge in [0.25, 0.3) is 0 Å². The predicted molar refractivity (Wildman–Crippen MR) is 66.2 cm³/mol. The van der Waals surface area contributed by atoms with Crippen molar-refractivity contribution in [3.63, 3.8) is 0 Å². The number of carboxylic acid groups (broad SMARTS) is 1. The van der Waals surface area contributed by atoms with Crippen molar-refractivity contribution in [1.29, 1.82) is 0 Å². The van der Waals surface area contributed by atoms with E-state index >= 15 is 0 Å². The first-order valence-corrected chi connectivity index (χ1v) is 6.43. The zero-order valence-corrected chi connectivity index (χ0v) is 10.8. The first-order valence-electron chi connectivity index (χ1n) is 6.43. The molecule has 1 aliphatic rings. The molecule has 4 N–H and O–H groups in total. The molecule has 1 fully saturated rings. The Morgan fingerprint density at radius 2 is 1.89 bits per heavy atom. The molecular formula is C12H20N2O5. The van der Waals surface area contributed by atoms with Gasteiger partial charge in [-0.05, 0) is 25.7 Å². The van der Waals surface area contributed by atoms with Gasteiger partial charge in [0.15, 0.2) is 0 Å². The molecule has 0 saturated heterocycles. The first-order chi connectivity index (χ1) is 8.99. The molecule has 0 aliphatic heterocycles. The number of rotatable bonds is 6. The number of hydrogen-bond donors (Lipinski definition) is 3. The lowest BCUT2D eigenvalue weighted by molar-refractivity contribution is -0.150. The van der Waals surface area contributed by atoms with Crippen LogP contribution >= 0.6 is 0 Å². The molecule has 0 aromatic rings. The van der Waals surface area contributed by atoms with Gasteiger partial charge < -0.3 is 20.9 Å². The highest BCUT2D eigenvalue weighted by Crippen LogP contribution is 2.20. The number of carbonyl (C=O) groups is 3. The highest BCUT2D eigenvalue weighted by atomic mass is 16.5. The second kappa shape index (κ2) is 7.73. The van der Waals surface area contributed by atoms with Crippen LogP contribution in [0.1, 0.15) is 38.5 Å². The van der Waals surface area contributed by atoms with Crippen LogP contribution in [-0.4, -0.2) is 41.6 Å². The summed E-state index contributed by atoms with van der Waals surface area (Å²) in [4.78, 5) is 33.2. The maximum atomic E-state index is 11.5. The highest BCUT2D eigenvalue weighted by molar-refractivity contribution is 5.88. The van der Waals surface area contributed by atoms with Crippen LogP contribution in [0, 0.1) is 0 Å². The number of carbonyl (C=O) groups excluding carboxylic acids is 2. The highest BCUT2D eigenvalue weighted by Gasteiger charge is 2.20. The lowest BCUT2D eigenvalue weighted by atomic mass is 9.98. The summed E-state index contributed by atoms with van der Waals surface area (Å²) in [5.41, 5.74) is 5.34. The molecule has 0 heterocycles. The smallest absolute Gasteiger partial charge is 0.325 e. The zero-order chi connectivity index (χ0) is 14.3. The van der Waals surface area contributed by atoms with Gasteiger partial charge >= 0.3 is 11.9 Å². The third-order valence-electron chi connectivity index (χ3n) is 2.99. The number of carboxylic acids is 1. The van der Waals surface area contributed by atoms with Crippen LogP contribution in [0.25, 0.3) is 0 Å². The maximum Gasteiger partial charge on any atom is 0.325 e. The van der Waals surface area contributed by atoms with E-state index in [-0.39, 0.29) is 12.6 Å². The maximum absolute atomic E-state index is 11.5. The van der Waals surface area contributed by atoms with E-state index in [1.165, 1.54) is 0 Å². The SMILES string of the molecule is NC(CC(=O)O)C(=O)NCC(=O)OC1CCCCC1. The monoisotopic (exact) mass is 272 g/mol. The van der Waals surface area contributed by atoms with Crippen LogP contribution in [0.2, 0.25) is 0 Å². The molecular weight excluding hydrogens is 252 g/mol. The van der Waals surface area contributed by atoms with Crippen LogP contribution in [0.15, 0.2) is 0 Å². The van der Waals surface area contributed by atoms with E-state index in [1.807, 2.05) is 0 Å². The quantitative estimate of drug-likeness (QED) is 0.575. The molecule has 19 heavy (non-hydrogen) atoms. The summed E-state index contributed by atoms with van der Waals surface area (Å²) in [7, 11) is 0. The largest absolute Gasteiger partial charge is 0.481 e. The Morgan fingerprint density at radius 3 is 2.47 bits per heavy atom. The standard InChI is InChI=1S/C12H20N2O5/c13-9(6-10(15)16)12(18)14-7-11(17)19-8-4-2-1-3-5-8/h8-9H,1-7,13H2,(H,14,18)(H,15,16). The second-order valence-corrected chi connectivity index (χ2v) is 4.67. The van der Waals surface area contributed by atoms with Crippen molar-refractivity contribution in [2.24, 2.45) is 5.73 Å². The fraction of sp³-hybridized carbons (Fsp3) is 0.750. The van der Waals surface area contributed by atoms with E-state index in [1.54, 1.807) is 0 Å². The van der Waals surface area contributed by atoms with Gasteiger partial charge in [0.2, 0.25) is 5.91 Å². The fourth-order valence-corrected chi connectivity index (χ4v) is 1.98. The summed E-state index contributed by atoms with van der Waals surface area (Å²) in [6.45, 7) is -0.275. The molecule has 7 nitrogen and oxygen atoms in total. The topological polar surface area (TPSA) is 119 Å². The van der Waals surface area contributed by atoms with Gasteiger partial charge in [-0.3, -0.25) is 14.4 Å². The normalized spacial score (nSPS) is 17.5. The average molecular weight is 272 g/mol. The van der Waals surface area contributed by atoms with E-state index in [2.05, 4.69) is 5.32 Å². The summed E-state index contributed by atoms with van der Waals surface area (Å²) in [5, 5.41) is 10.8. The second-order valence-electron chi connectivity index (χ2n) is 4.67. The van der Waals surface area contributed by atoms with Gasteiger partial charge in [-0.25, -0.2) is 0 Å². The first kappa shape index (κ1) is 15.4. The molecule has 1 rings (SSSR count). The molecule has 7 heteroatoms. The molecule has 0 spiro atoms. The van der Waals surface area contributed by atoms with Crippen LogP contribution < -0.4 is 11.1 Å². The number of aliphatic carboxylic acids is 1. The predicted octanol–water partition coefficient (Wildman–Crippen LogP) is -0.220. The van der Waals surface area contributed by atoms with E-state index in [0.29, 0.717) is 0 Å². The molecule has 1 unspecified atom stereocenters. The number of nitrogens with one attached hydrogen (secondary N) is 1. The van der Waals surface area contributed by atoms with Crippen molar-refractivity contribution in [3.05, 3.63) is 0 Å². The van der Waals surface area contributed by atoms with E-state index in [4.69, 9.17) is 15.6 Å². The number of nitrogens with two attached hydrogens (primary N) is 1. The fourth-order valence-electron chi connectivity index (χ4n) is 1.98. The van der Waals surface area contributed by atoms with E-state index in [9.17, 15) is 14.4 Å². The van der Waals surface area contributed by atoms with Crippen molar-refractivity contribution < 1.29 is 24.2 Å². The molecule has 1 atom stereocenters. The lowest BCUT2D eigenvalue weighted by Crippen LogP contribution is -2.44. The molecule has 1 aliphatic carbocycles. The van der Waals surface area contributed by atoms with Gasteiger partial charge in [-0.15, -0.1) is 0 Å². The van der Waals surface area contributed by atoms with Crippen molar-refractivity contribution in [2.45, 2.75) is 50.7 Å². The molecule has 1 saturated carbocycles. The Balaban J connectivity index is 2.21. The summed E-state index contributed by atoms with van der Waals surface area (Å²) in [6.07, 6.45) is 4.45. The van der Waals surface area contributed by atoms with E-state index < -0.39 is 30.3 Å². The van der Waals surface area contributed by atoms with Crippen molar-refractivity contribution in [1.82, 2.24) is 5.32 Å². The summed E-state index contributed by atoms with van der Waals surface area (Å²) in [5.74, 6) is -2.33. The van der Waals surface area contributed by atoms with Gasteiger partial charge in [0.1, 0.15) is 12.6 Å². The minimum Gasteiger partial charge on any atom is -0.481 e. The number of amides is 1. The third kappa shape index (κ3) is 6.19. The summed E-state index contributed by atoms with van der Waals surface area (Å²) < 4.78 is 5.19. The van der Waals surface area contributed by atoms with Crippen LogP contribution in [0.4, 0.5) is 0 Å². The Labute approximate surface area is 111 Å². The van der Waals surface area contributed by atoms with Crippen LogP contribution in [-0.2, 0) is 19.1 Å². The van der Waals surface area contributed by atoms with Crippen LogP contribution in [0.5, 0.6) is 0 Å². The minimum absolute atomic E-state index is 0.0640. The van der Waals surface area contributed by atoms with Crippen molar-refractivity contribution >= 4 is 17.8 Å². The van der Waals surface area contributed by atoms with Gasteiger partial charge in [-0.2, -0.15) is 0 Å². The Morgan fingerprint density at radius 1 is 1.26 bits per heavy atom. The Hall–Kier alpha value is -1.63. The summed E-state index contributed by atoms with van der Waals surface area (Å²) >= 11 is 0. The molecule has 1 amide bonds. The number of esters is 1. The van der Waals surface area contributed by atoms with Crippen molar-refractivity contribution in [2.75, 3.05) is 6.54 Å². The molecule has 0 aromatic heterocycles. The number of hydrogen-bond acceptors (Lipinski definition) is 5. The summed E-state index contributed by atoms with van der Waals surface area (Å²) in [6, 6.07) is -1.15. The van der Waals surface area contributed by atoms with Gasteiger partial charge in [0, 0.05) is 0 Å². The zero-order valence-electron chi connectivity index (χ0n) is 10.8. The Kier molecular flexibility index (Phi) is 6.27. The van der Waals surface area contributed by atoms with Gasteiger partial charge in [0.05, 0.1) is 12.5 Å². The number of ether oxygens (including phenoxy) is 1. The molecule has 0 radical (unpaired) electrons. The molecule has 0 bridgehead atoms.